The summed E-state index contributed by atoms with van der Waals surface area (Å²) in [6.45, 7) is 1.60. The summed E-state index contributed by atoms with van der Waals surface area (Å²) in [4.78, 5) is 24.0. The van der Waals surface area contributed by atoms with Gasteiger partial charge in [0.2, 0.25) is 5.91 Å². The zero-order valence-corrected chi connectivity index (χ0v) is 12.6. The highest BCUT2D eigenvalue weighted by atomic mass is 16.5. The molecule has 118 valence electrons. The first-order valence-electron chi connectivity index (χ1n) is 7.90. The first-order valence-corrected chi connectivity index (χ1v) is 7.90. The summed E-state index contributed by atoms with van der Waals surface area (Å²) in [5.74, 6) is -0.329. The lowest BCUT2D eigenvalue weighted by molar-refractivity contribution is -0.126. The van der Waals surface area contributed by atoms with Crippen molar-refractivity contribution in [3.05, 3.63) is 35.9 Å². The van der Waals surface area contributed by atoms with Crippen molar-refractivity contribution in [2.75, 3.05) is 19.8 Å². The van der Waals surface area contributed by atoms with Crippen molar-refractivity contribution >= 4 is 11.8 Å². The molecule has 1 aliphatic carbocycles. The molecule has 3 rings (SSSR count). The summed E-state index contributed by atoms with van der Waals surface area (Å²) in [6, 6.07) is 9.16. The second-order valence-corrected chi connectivity index (χ2v) is 6.18. The molecule has 2 N–H and O–H groups in total. The van der Waals surface area contributed by atoms with Crippen molar-refractivity contribution in [2.24, 2.45) is 5.41 Å². The van der Waals surface area contributed by atoms with Gasteiger partial charge in [0, 0.05) is 24.8 Å². The van der Waals surface area contributed by atoms with Crippen LogP contribution in [-0.2, 0) is 9.53 Å². The van der Waals surface area contributed by atoms with Crippen LogP contribution in [0.1, 0.15) is 36.0 Å². The number of carbonyl (C=O) groups is 2. The van der Waals surface area contributed by atoms with Gasteiger partial charge in [0.05, 0.1) is 6.54 Å². The predicted molar refractivity (Wildman–Crippen MR) is 82.4 cm³/mol. The van der Waals surface area contributed by atoms with Crippen molar-refractivity contribution in [3.8, 4) is 0 Å². The highest BCUT2D eigenvalue weighted by molar-refractivity contribution is 5.96. The van der Waals surface area contributed by atoms with Crippen molar-refractivity contribution in [1.82, 2.24) is 10.6 Å². The summed E-state index contributed by atoms with van der Waals surface area (Å²) in [5.41, 5.74) is 0.803. The maximum absolute atomic E-state index is 12.1. The van der Waals surface area contributed by atoms with E-state index < -0.39 is 0 Å². The van der Waals surface area contributed by atoms with E-state index in [9.17, 15) is 9.59 Å². The average Bonchev–Trinajstić information content (AvgIpc) is 2.58. The molecule has 1 aliphatic heterocycles. The Labute approximate surface area is 130 Å². The van der Waals surface area contributed by atoms with E-state index in [0.717, 1.165) is 38.9 Å². The molecule has 5 heteroatoms. The Morgan fingerprint density at radius 2 is 1.86 bits per heavy atom. The lowest BCUT2D eigenvalue weighted by Crippen LogP contribution is -2.58. The Bertz CT molecular complexity index is 538. The first-order chi connectivity index (χ1) is 10.7. The number of amides is 2. The highest BCUT2D eigenvalue weighted by Gasteiger charge is 2.47. The molecule has 5 nitrogen and oxygen atoms in total. The molecule has 1 unspecified atom stereocenters. The van der Waals surface area contributed by atoms with Gasteiger partial charge in [0.25, 0.3) is 5.91 Å². The van der Waals surface area contributed by atoms with E-state index in [-0.39, 0.29) is 29.8 Å². The molecule has 1 atom stereocenters. The smallest absolute Gasteiger partial charge is 0.251 e. The number of benzene rings is 1. The molecule has 1 saturated heterocycles. The van der Waals surface area contributed by atoms with Crippen LogP contribution >= 0.6 is 0 Å². The van der Waals surface area contributed by atoms with E-state index in [4.69, 9.17) is 4.74 Å². The van der Waals surface area contributed by atoms with Crippen LogP contribution in [0.3, 0.4) is 0 Å². The minimum atomic E-state index is -0.217. The summed E-state index contributed by atoms with van der Waals surface area (Å²) in [6.07, 6.45) is 4.23. The second kappa shape index (κ2) is 6.48. The third kappa shape index (κ3) is 3.14. The first kappa shape index (κ1) is 15.0. The van der Waals surface area contributed by atoms with Crippen LogP contribution in [0.5, 0.6) is 0 Å². The van der Waals surface area contributed by atoms with E-state index in [2.05, 4.69) is 10.6 Å². The van der Waals surface area contributed by atoms with Crippen LogP contribution in [0.4, 0.5) is 0 Å². The summed E-state index contributed by atoms with van der Waals surface area (Å²) < 4.78 is 5.41. The Balaban J connectivity index is 1.46. The normalized spacial score (nSPS) is 22.6. The van der Waals surface area contributed by atoms with Crippen molar-refractivity contribution in [3.63, 3.8) is 0 Å². The van der Waals surface area contributed by atoms with E-state index in [1.54, 1.807) is 24.3 Å². The molecular weight excluding hydrogens is 280 g/mol. The third-order valence-electron chi connectivity index (χ3n) is 4.94. The van der Waals surface area contributed by atoms with Crippen LogP contribution in [0, 0.1) is 5.41 Å². The van der Waals surface area contributed by atoms with Gasteiger partial charge >= 0.3 is 0 Å². The average molecular weight is 302 g/mol. The van der Waals surface area contributed by atoms with Crippen LogP contribution in [-0.4, -0.2) is 37.6 Å². The predicted octanol–water partition coefficient (Wildman–Crippen LogP) is 1.49. The number of carbonyl (C=O) groups excluding carboxylic acids is 2. The van der Waals surface area contributed by atoms with Gasteiger partial charge < -0.3 is 15.4 Å². The van der Waals surface area contributed by atoms with E-state index in [1.165, 1.54) is 0 Å². The highest BCUT2D eigenvalue weighted by Crippen LogP contribution is 2.48. The van der Waals surface area contributed by atoms with Gasteiger partial charge in [-0.25, -0.2) is 0 Å². The van der Waals surface area contributed by atoms with Gasteiger partial charge in [-0.1, -0.05) is 18.2 Å². The molecule has 1 spiro atoms. The largest absolute Gasteiger partial charge is 0.381 e. The van der Waals surface area contributed by atoms with E-state index in [0.29, 0.717) is 5.56 Å². The molecule has 1 saturated carbocycles. The van der Waals surface area contributed by atoms with E-state index in [1.807, 2.05) is 6.07 Å². The van der Waals surface area contributed by atoms with Gasteiger partial charge in [0.15, 0.2) is 0 Å². The fourth-order valence-electron chi connectivity index (χ4n) is 3.40. The number of hydrogen-bond donors (Lipinski definition) is 2. The number of nitrogens with one attached hydrogen (secondary N) is 2. The quantitative estimate of drug-likeness (QED) is 0.885. The SMILES string of the molecule is O=C(CNC(=O)c1ccccc1)NC1CCC12CCOCC2. The summed E-state index contributed by atoms with van der Waals surface area (Å²) in [5, 5.41) is 5.74. The Kier molecular flexibility index (Phi) is 4.43. The maximum Gasteiger partial charge on any atom is 0.251 e. The van der Waals surface area contributed by atoms with Crippen LogP contribution in [0.15, 0.2) is 30.3 Å². The minimum absolute atomic E-state index is 0.0246. The molecule has 0 bridgehead atoms. The lowest BCUT2D eigenvalue weighted by atomic mass is 9.60. The monoisotopic (exact) mass is 302 g/mol. The Morgan fingerprint density at radius 3 is 2.50 bits per heavy atom. The van der Waals surface area contributed by atoms with Crippen molar-refractivity contribution in [2.45, 2.75) is 31.7 Å². The molecule has 2 aliphatic rings. The lowest BCUT2D eigenvalue weighted by Gasteiger charge is -2.52. The summed E-state index contributed by atoms with van der Waals surface area (Å²) in [7, 11) is 0. The maximum atomic E-state index is 12.1. The molecule has 2 amide bonds. The van der Waals surface area contributed by atoms with Crippen LogP contribution in [0.25, 0.3) is 0 Å². The molecule has 0 radical (unpaired) electrons. The topological polar surface area (TPSA) is 67.4 Å². The van der Waals surface area contributed by atoms with Gasteiger partial charge in [-0.2, -0.15) is 0 Å². The zero-order chi connectivity index (χ0) is 15.4. The summed E-state index contributed by atoms with van der Waals surface area (Å²) >= 11 is 0. The van der Waals surface area contributed by atoms with Gasteiger partial charge in [0.1, 0.15) is 0 Å². The minimum Gasteiger partial charge on any atom is -0.381 e. The molecule has 1 heterocycles. The number of ether oxygens (including phenoxy) is 1. The third-order valence-corrected chi connectivity index (χ3v) is 4.94. The molecule has 0 aromatic heterocycles. The van der Waals surface area contributed by atoms with Crippen LogP contribution < -0.4 is 10.6 Å². The fourth-order valence-corrected chi connectivity index (χ4v) is 3.40. The fraction of sp³-hybridized carbons (Fsp3) is 0.529. The van der Waals surface area contributed by atoms with Gasteiger partial charge in [-0.15, -0.1) is 0 Å². The zero-order valence-electron chi connectivity index (χ0n) is 12.6. The molecule has 1 aromatic rings. The molecule has 2 fully saturated rings. The number of hydrogen-bond acceptors (Lipinski definition) is 3. The van der Waals surface area contributed by atoms with Crippen molar-refractivity contribution < 1.29 is 14.3 Å². The van der Waals surface area contributed by atoms with E-state index >= 15 is 0 Å². The van der Waals surface area contributed by atoms with Gasteiger partial charge in [-0.05, 0) is 43.2 Å². The Hall–Kier alpha value is -1.88. The number of rotatable bonds is 4. The second-order valence-electron chi connectivity index (χ2n) is 6.18. The van der Waals surface area contributed by atoms with Crippen molar-refractivity contribution in [1.29, 1.82) is 0 Å². The molecule has 1 aromatic carbocycles. The molecular formula is C17H22N2O3. The van der Waals surface area contributed by atoms with Gasteiger partial charge in [-0.3, -0.25) is 9.59 Å². The molecule has 22 heavy (non-hydrogen) atoms. The van der Waals surface area contributed by atoms with Crippen LogP contribution in [0.2, 0.25) is 0 Å². The Morgan fingerprint density at radius 1 is 1.14 bits per heavy atom. The standard InChI is InChI=1S/C17H22N2O3/c20-15(12-18-16(21)13-4-2-1-3-5-13)19-14-6-7-17(14)8-10-22-11-9-17/h1-5,14H,6-12H2,(H,18,21)(H,19,20).